The second-order valence-corrected chi connectivity index (χ2v) is 7.03. The molecule has 146 valence electrons. The number of nitrogens with zero attached hydrogens (tertiary/aromatic N) is 1. The number of anilines is 2. The molecule has 0 aromatic heterocycles. The Morgan fingerprint density at radius 1 is 1.18 bits per heavy atom. The largest absolute Gasteiger partial charge is 0.454 e. The Morgan fingerprint density at radius 3 is 2.79 bits per heavy atom. The van der Waals surface area contributed by atoms with Crippen molar-refractivity contribution in [3.05, 3.63) is 47.5 Å². The first kappa shape index (κ1) is 18.2. The molecular weight excluding hydrogens is 358 g/mol. The minimum Gasteiger partial charge on any atom is -0.454 e. The van der Waals surface area contributed by atoms with Crippen LogP contribution in [0, 0.1) is 6.92 Å². The number of urea groups is 1. The van der Waals surface area contributed by atoms with Crippen molar-refractivity contribution in [3.8, 4) is 11.5 Å². The molecule has 0 radical (unpaired) electrons. The third-order valence-electron chi connectivity index (χ3n) is 5.16. The van der Waals surface area contributed by atoms with Gasteiger partial charge in [0, 0.05) is 24.3 Å². The van der Waals surface area contributed by atoms with Gasteiger partial charge in [-0.3, -0.25) is 4.79 Å². The first-order valence-electron chi connectivity index (χ1n) is 9.40. The zero-order valence-electron chi connectivity index (χ0n) is 16.0. The molecule has 0 aliphatic carbocycles. The van der Waals surface area contributed by atoms with E-state index in [1.54, 1.807) is 4.90 Å². The van der Waals surface area contributed by atoms with Crippen molar-refractivity contribution in [1.82, 2.24) is 5.32 Å². The Balaban J connectivity index is 1.44. The Morgan fingerprint density at radius 2 is 2.00 bits per heavy atom. The van der Waals surface area contributed by atoms with Gasteiger partial charge in [0.2, 0.25) is 12.7 Å². The summed E-state index contributed by atoms with van der Waals surface area (Å²) in [6, 6.07) is 10.7. The predicted molar refractivity (Wildman–Crippen MR) is 106 cm³/mol. The first-order valence-corrected chi connectivity index (χ1v) is 9.40. The minimum atomic E-state index is -0.307. The third kappa shape index (κ3) is 3.47. The van der Waals surface area contributed by atoms with Crippen LogP contribution < -0.4 is 25.0 Å². The van der Waals surface area contributed by atoms with Gasteiger partial charge in [0.25, 0.3) is 0 Å². The molecule has 1 fully saturated rings. The van der Waals surface area contributed by atoms with Crippen molar-refractivity contribution in [2.24, 2.45) is 0 Å². The molecule has 7 heteroatoms. The summed E-state index contributed by atoms with van der Waals surface area (Å²) in [6.45, 7) is 4.76. The summed E-state index contributed by atoms with van der Waals surface area (Å²) in [5.41, 5.74) is 3.34. The number of rotatable bonds is 4. The highest BCUT2D eigenvalue weighted by Gasteiger charge is 2.24. The van der Waals surface area contributed by atoms with E-state index in [2.05, 4.69) is 10.6 Å². The topological polar surface area (TPSA) is 79.9 Å². The van der Waals surface area contributed by atoms with Crippen LogP contribution in [-0.4, -0.2) is 25.3 Å². The standard InChI is InChI=1S/C21H23N3O4/c1-13-16(5-3-6-17(13)24-10-4-7-20(24)25)23-21(26)22-14(2)15-8-9-18-19(11-15)28-12-27-18/h3,5-6,8-9,11,14H,4,7,10,12H2,1-2H3,(H2,22,23,26)/t14-/m0/s1. The number of benzene rings is 2. The van der Waals surface area contributed by atoms with E-state index in [9.17, 15) is 9.59 Å². The molecule has 2 aliphatic rings. The first-order chi connectivity index (χ1) is 13.5. The van der Waals surface area contributed by atoms with Crippen LogP contribution in [0.2, 0.25) is 0 Å². The van der Waals surface area contributed by atoms with Crippen molar-refractivity contribution < 1.29 is 19.1 Å². The summed E-state index contributed by atoms with van der Waals surface area (Å²) in [7, 11) is 0. The van der Waals surface area contributed by atoms with Crippen LogP contribution in [0.3, 0.4) is 0 Å². The molecule has 2 heterocycles. The molecule has 2 aromatic rings. The van der Waals surface area contributed by atoms with E-state index in [4.69, 9.17) is 9.47 Å². The second kappa shape index (κ2) is 7.42. The third-order valence-corrected chi connectivity index (χ3v) is 5.16. The summed E-state index contributed by atoms with van der Waals surface area (Å²) >= 11 is 0. The van der Waals surface area contributed by atoms with E-state index in [1.165, 1.54) is 0 Å². The molecule has 0 spiro atoms. The lowest BCUT2D eigenvalue weighted by molar-refractivity contribution is -0.117. The van der Waals surface area contributed by atoms with E-state index in [1.807, 2.05) is 50.2 Å². The Labute approximate surface area is 163 Å². The van der Waals surface area contributed by atoms with Gasteiger partial charge in [0.15, 0.2) is 11.5 Å². The van der Waals surface area contributed by atoms with Gasteiger partial charge >= 0.3 is 6.03 Å². The number of carbonyl (C=O) groups is 2. The van der Waals surface area contributed by atoms with Crippen LogP contribution in [0.5, 0.6) is 11.5 Å². The van der Waals surface area contributed by atoms with Crippen LogP contribution in [0.1, 0.15) is 36.9 Å². The fourth-order valence-corrected chi connectivity index (χ4v) is 3.57. The van der Waals surface area contributed by atoms with Gasteiger partial charge in [0.1, 0.15) is 0 Å². The van der Waals surface area contributed by atoms with Crippen molar-refractivity contribution in [2.75, 3.05) is 23.6 Å². The molecular formula is C21H23N3O4. The normalized spacial score (nSPS) is 16.2. The molecule has 7 nitrogen and oxygen atoms in total. The van der Waals surface area contributed by atoms with E-state index in [0.717, 1.165) is 29.8 Å². The lowest BCUT2D eigenvalue weighted by atomic mass is 10.1. The summed E-state index contributed by atoms with van der Waals surface area (Å²) in [6.07, 6.45) is 1.44. The lowest BCUT2D eigenvalue weighted by Gasteiger charge is -2.21. The molecule has 2 aromatic carbocycles. The molecule has 2 aliphatic heterocycles. The molecule has 0 saturated carbocycles. The highest BCUT2D eigenvalue weighted by atomic mass is 16.7. The Bertz CT molecular complexity index is 928. The van der Waals surface area contributed by atoms with E-state index in [-0.39, 0.29) is 24.8 Å². The Kier molecular flexibility index (Phi) is 4.81. The van der Waals surface area contributed by atoms with Crippen molar-refractivity contribution in [3.63, 3.8) is 0 Å². The molecule has 28 heavy (non-hydrogen) atoms. The van der Waals surface area contributed by atoms with E-state index < -0.39 is 0 Å². The van der Waals surface area contributed by atoms with Crippen LogP contribution in [0.15, 0.2) is 36.4 Å². The van der Waals surface area contributed by atoms with Gasteiger partial charge in [0.05, 0.1) is 6.04 Å². The smallest absolute Gasteiger partial charge is 0.319 e. The van der Waals surface area contributed by atoms with Gasteiger partial charge in [-0.25, -0.2) is 4.79 Å². The van der Waals surface area contributed by atoms with Crippen LogP contribution in [-0.2, 0) is 4.79 Å². The maximum Gasteiger partial charge on any atom is 0.319 e. The number of hydrogen-bond donors (Lipinski definition) is 2. The monoisotopic (exact) mass is 381 g/mol. The maximum atomic E-state index is 12.5. The number of amides is 3. The van der Waals surface area contributed by atoms with Crippen LogP contribution in [0.25, 0.3) is 0 Å². The molecule has 4 rings (SSSR count). The van der Waals surface area contributed by atoms with Gasteiger partial charge in [-0.1, -0.05) is 12.1 Å². The van der Waals surface area contributed by atoms with E-state index in [0.29, 0.717) is 23.6 Å². The number of nitrogens with one attached hydrogen (secondary N) is 2. The fraction of sp³-hybridized carbons (Fsp3) is 0.333. The van der Waals surface area contributed by atoms with Crippen LogP contribution in [0.4, 0.5) is 16.2 Å². The number of ether oxygens (including phenoxy) is 2. The molecule has 1 saturated heterocycles. The van der Waals surface area contributed by atoms with Crippen LogP contribution >= 0.6 is 0 Å². The summed E-state index contributed by atoms with van der Waals surface area (Å²) in [4.78, 5) is 26.4. The highest BCUT2D eigenvalue weighted by molar-refractivity contribution is 5.98. The number of carbonyl (C=O) groups excluding carboxylic acids is 2. The maximum absolute atomic E-state index is 12.5. The lowest BCUT2D eigenvalue weighted by Crippen LogP contribution is -2.31. The van der Waals surface area contributed by atoms with Gasteiger partial charge in [-0.05, 0) is 55.7 Å². The van der Waals surface area contributed by atoms with Crippen molar-refractivity contribution in [1.29, 1.82) is 0 Å². The number of fused-ring (bicyclic) bond motifs is 1. The molecule has 0 bridgehead atoms. The predicted octanol–water partition coefficient (Wildman–Crippen LogP) is 3.73. The minimum absolute atomic E-state index is 0.126. The second-order valence-electron chi connectivity index (χ2n) is 7.03. The fourth-order valence-electron chi connectivity index (χ4n) is 3.57. The van der Waals surface area contributed by atoms with Crippen molar-refractivity contribution in [2.45, 2.75) is 32.7 Å². The SMILES string of the molecule is Cc1c(NC(=O)N[C@@H](C)c2ccc3c(c2)OCO3)cccc1N1CCCC1=O. The Hall–Kier alpha value is -3.22. The molecule has 0 unspecified atom stereocenters. The zero-order valence-corrected chi connectivity index (χ0v) is 16.0. The average Bonchev–Trinajstić information content (AvgIpc) is 3.31. The van der Waals surface area contributed by atoms with E-state index >= 15 is 0 Å². The summed E-state index contributed by atoms with van der Waals surface area (Å²) in [5.74, 6) is 1.52. The van der Waals surface area contributed by atoms with Gasteiger partial charge in [-0.2, -0.15) is 0 Å². The molecule has 2 N–H and O–H groups in total. The summed E-state index contributed by atoms with van der Waals surface area (Å²) in [5, 5.41) is 5.83. The van der Waals surface area contributed by atoms with Crippen molar-refractivity contribution >= 4 is 23.3 Å². The average molecular weight is 381 g/mol. The summed E-state index contributed by atoms with van der Waals surface area (Å²) < 4.78 is 10.7. The molecule has 1 atom stereocenters. The zero-order chi connectivity index (χ0) is 19.7. The highest BCUT2D eigenvalue weighted by Crippen LogP contribution is 2.34. The molecule has 3 amide bonds. The van der Waals surface area contributed by atoms with Gasteiger partial charge in [-0.15, -0.1) is 0 Å². The quantitative estimate of drug-likeness (QED) is 0.846. The van der Waals surface area contributed by atoms with Gasteiger partial charge < -0.3 is 25.0 Å². The number of hydrogen-bond acceptors (Lipinski definition) is 4.